The van der Waals surface area contributed by atoms with Crippen molar-refractivity contribution in [3.05, 3.63) is 52.5 Å². The van der Waals surface area contributed by atoms with E-state index in [0.717, 1.165) is 24.8 Å². The molecule has 1 saturated carbocycles. The zero-order chi connectivity index (χ0) is 22.8. The van der Waals surface area contributed by atoms with Crippen LogP contribution in [-0.4, -0.2) is 23.9 Å². The zero-order valence-corrected chi connectivity index (χ0v) is 18.3. The van der Waals surface area contributed by atoms with Gasteiger partial charge >= 0.3 is 12.1 Å². The Kier molecular flexibility index (Phi) is 7.20. The number of carboxylic acid groups (broad SMARTS) is 1. The first kappa shape index (κ1) is 23.5. The van der Waals surface area contributed by atoms with E-state index < -0.39 is 24.7 Å². The van der Waals surface area contributed by atoms with E-state index in [1.165, 1.54) is 6.07 Å². The third-order valence-corrected chi connectivity index (χ3v) is 6.11. The van der Waals surface area contributed by atoms with Crippen LogP contribution >= 0.6 is 11.6 Å². The Morgan fingerprint density at radius 3 is 2.29 bits per heavy atom. The summed E-state index contributed by atoms with van der Waals surface area (Å²) in [7, 11) is 0. The molecular formula is C24H26ClF3O3. The van der Waals surface area contributed by atoms with Crippen LogP contribution in [0.25, 0.3) is 11.1 Å². The molecular weight excluding hydrogens is 429 g/mol. The molecule has 1 aliphatic rings. The fourth-order valence-electron chi connectivity index (χ4n) is 3.82. The lowest BCUT2D eigenvalue weighted by Gasteiger charge is -2.28. The maximum absolute atomic E-state index is 12.8. The number of aliphatic carboxylic acids is 1. The van der Waals surface area contributed by atoms with E-state index >= 15 is 0 Å². The summed E-state index contributed by atoms with van der Waals surface area (Å²) in [6, 6.07) is 10.4. The van der Waals surface area contributed by atoms with Gasteiger partial charge in [0.25, 0.3) is 0 Å². The van der Waals surface area contributed by atoms with Gasteiger partial charge in [0, 0.05) is 5.56 Å². The molecule has 31 heavy (non-hydrogen) atoms. The molecule has 1 N–H and O–H groups in total. The Morgan fingerprint density at radius 2 is 1.81 bits per heavy atom. The van der Waals surface area contributed by atoms with Gasteiger partial charge in [0.1, 0.15) is 5.75 Å². The number of ether oxygens (including phenoxy) is 1. The van der Waals surface area contributed by atoms with Gasteiger partial charge in [-0.25, -0.2) is 0 Å². The van der Waals surface area contributed by atoms with Crippen LogP contribution in [0.15, 0.2) is 36.4 Å². The van der Waals surface area contributed by atoms with E-state index in [2.05, 4.69) is 0 Å². The lowest BCUT2D eigenvalue weighted by molar-refractivity contribution is -0.153. The summed E-state index contributed by atoms with van der Waals surface area (Å²) in [5.74, 6) is -1.19. The highest BCUT2D eigenvalue weighted by molar-refractivity contribution is 6.32. The maximum atomic E-state index is 12.8. The molecule has 0 aromatic heterocycles. The first-order valence-corrected chi connectivity index (χ1v) is 10.8. The molecule has 0 amide bonds. The van der Waals surface area contributed by atoms with Gasteiger partial charge in [-0.15, -0.1) is 0 Å². The molecule has 0 unspecified atom stereocenters. The van der Waals surface area contributed by atoms with Crippen LogP contribution in [-0.2, 0) is 4.79 Å². The number of rotatable bonds is 8. The van der Waals surface area contributed by atoms with Crippen molar-refractivity contribution in [1.82, 2.24) is 0 Å². The largest absolute Gasteiger partial charge is 0.482 e. The fraction of sp³-hybridized carbons (Fsp3) is 0.458. The number of alkyl halides is 3. The van der Waals surface area contributed by atoms with E-state index in [0.29, 0.717) is 34.9 Å². The smallest absolute Gasteiger partial charge is 0.422 e. The monoisotopic (exact) mass is 454 g/mol. The predicted octanol–water partition coefficient (Wildman–Crippen LogP) is 7.43. The molecule has 0 bridgehead atoms. The van der Waals surface area contributed by atoms with Crippen molar-refractivity contribution in [3.8, 4) is 16.9 Å². The van der Waals surface area contributed by atoms with Crippen molar-refractivity contribution in [2.45, 2.75) is 57.5 Å². The van der Waals surface area contributed by atoms with Gasteiger partial charge in [0.2, 0.25) is 0 Å². The predicted molar refractivity (Wildman–Crippen MR) is 115 cm³/mol. The number of hydrogen-bond acceptors (Lipinski definition) is 2. The average molecular weight is 455 g/mol. The molecule has 0 saturated heterocycles. The molecule has 0 heterocycles. The normalized spacial score (nSPS) is 15.6. The first-order chi connectivity index (χ1) is 14.5. The van der Waals surface area contributed by atoms with E-state index in [1.807, 2.05) is 26.0 Å². The van der Waals surface area contributed by atoms with Gasteiger partial charge in [0.15, 0.2) is 6.61 Å². The number of carboxylic acids is 1. The third kappa shape index (κ3) is 5.94. The summed E-state index contributed by atoms with van der Waals surface area (Å²) in [5.41, 5.74) is 2.55. The third-order valence-electron chi connectivity index (χ3n) is 5.83. The molecule has 1 atom stereocenters. The number of carbonyl (C=O) groups is 1. The molecule has 168 valence electrons. The van der Waals surface area contributed by atoms with Crippen LogP contribution in [0, 0.1) is 5.92 Å². The minimum atomic E-state index is -4.52. The Morgan fingerprint density at radius 1 is 1.16 bits per heavy atom. The summed E-state index contributed by atoms with van der Waals surface area (Å²) in [6.07, 6.45) is -0.953. The van der Waals surface area contributed by atoms with Crippen molar-refractivity contribution in [3.63, 3.8) is 0 Å². The Bertz CT molecular complexity index is 919. The Balaban J connectivity index is 2.05. The van der Waals surface area contributed by atoms with E-state index in [-0.39, 0.29) is 10.8 Å². The topological polar surface area (TPSA) is 46.5 Å². The van der Waals surface area contributed by atoms with E-state index in [1.54, 1.807) is 18.2 Å². The number of halogens is 4. The van der Waals surface area contributed by atoms with Crippen molar-refractivity contribution in [1.29, 1.82) is 0 Å². The molecule has 0 radical (unpaired) electrons. The Labute approximate surface area is 185 Å². The van der Waals surface area contributed by atoms with Crippen LogP contribution < -0.4 is 4.74 Å². The summed E-state index contributed by atoms with van der Waals surface area (Å²) in [6.45, 7) is 2.61. The van der Waals surface area contributed by atoms with Gasteiger partial charge < -0.3 is 9.84 Å². The standard InChI is InChI=1S/C24H26ClF3O3/c1-14(2)16-6-8-17(9-7-16)19-11-18(20(23(29)30)10-15-4-3-5-15)12-21(25)22(19)31-13-24(26,27)28/h6-9,11-12,14-15,20H,3-5,10,13H2,1-2H3,(H,29,30)/t20-/m0/s1. The van der Waals surface area contributed by atoms with Crippen molar-refractivity contribution >= 4 is 17.6 Å². The highest BCUT2D eigenvalue weighted by Crippen LogP contribution is 2.43. The minimum absolute atomic E-state index is 0.0236. The van der Waals surface area contributed by atoms with Crippen LogP contribution in [0.3, 0.4) is 0 Å². The molecule has 3 nitrogen and oxygen atoms in total. The van der Waals surface area contributed by atoms with Crippen molar-refractivity contribution in [2.24, 2.45) is 5.92 Å². The molecule has 2 aromatic carbocycles. The van der Waals surface area contributed by atoms with Crippen LogP contribution in [0.1, 0.15) is 62.5 Å². The van der Waals surface area contributed by atoms with Gasteiger partial charge in [-0.2, -0.15) is 13.2 Å². The maximum Gasteiger partial charge on any atom is 0.422 e. The molecule has 1 fully saturated rings. The van der Waals surface area contributed by atoms with E-state index in [4.69, 9.17) is 16.3 Å². The first-order valence-electron chi connectivity index (χ1n) is 10.4. The van der Waals surface area contributed by atoms with Crippen molar-refractivity contribution < 1.29 is 27.8 Å². The summed E-state index contributed by atoms with van der Waals surface area (Å²) >= 11 is 6.34. The SMILES string of the molecule is CC(C)c1ccc(-c2cc([C@H](CC3CCC3)C(=O)O)cc(Cl)c2OCC(F)(F)F)cc1. The molecule has 0 aliphatic heterocycles. The van der Waals surface area contributed by atoms with Crippen LogP contribution in [0.5, 0.6) is 5.75 Å². The van der Waals surface area contributed by atoms with Gasteiger partial charge in [0.05, 0.1) is 10.9 Å². The second-order valence-corrected chi connectivity index (χ2v) is 8.89. The van der Waals surface area contributed by atoms with Gasteiger partial charge in [-0.3, -0.25) is 4.79 Å². The molecule has 3 rings (SSSR count). The highest BCUT2D eigenvalue weighted by atomic mass is 35.5. The molecule has 2 aromatic rings. The van der Waals surface area contributed by atoms with Crippen LogP contribution in [0.4, 0.5) is 13.2 Å². The quantitative estimate of drug-likeness (QED) is 0.451. The summed E-state index contributed by atoms with van der Waals surface area (Å²) in [5, 5.41) is 9.78. The zero-order valence-electron chi connectivity index (χ0n) is 17.5. The fourth-order valence-corrected chi connectivity index (χ4v) is 4.10. The number of hydrogen-bond donors (Lipinski definition) is 1. The average Bonchev–Trinajstić information content (AvgIpc) is 2.64. The minimum Gasteiger partial charge on any atom is -0.482 e. The van der Waals surface area contributed by atoms with Crippen molar-refractivity contribution in [2.75, 3.05) is 6.61 Å². The second kappa shape index (κ2) is 9.51. The van der Waals surface area contributed by atoms with Crippen LogP contribution in [0.2, 0.25) is 5.02 Å². The Hall–Kier alpha value is -2.21. The molecule has 7 heteroatoms. The molecule has 0 spiro atoms. The van der Waals surface area contributed by atoms with Gasteiger partial charge in [-0.05, 0) is 47.1 Å². The molecule has 1 aliphatic carbocycles. The number of benzene rings is 2. The summed E-state index contributed by atoms with van der Waals surface area (Å²) < 4.78 is 43.5. The second-order valence-electron chi connectivity index (χ2n) is 8.48. The highest BCUT2D eigenvalue weighted by Gasteiger charge is 2.31. The van der Waals surface area contributed by atoms with Gasteiger partial charge in [-0.1, -0.05) is 69.0 Å². The lowest BCUT2D eigenvalue weighted by atomic mass is 9.77. The van der Waals surface area contributed by atoms with E-state index in [9.17, 15) is 23.1 Å². The lowest BCUT2D eigenvalue weighted by Crippen LogP contribution is -2.21. The summed E-state index contributed by atoms with van der Waals surface area (Å²) in [4.78, 5) is 12.0.